The van der Waals surface area contributed by atoms with E-state index in [4.69, 9.17) is 5.26 Å². The van der Waals surface area contributed by atoms with Crippen LogP contribution < -0.4 is 10.6 Å². The molecule has 1 aromatic heterocycles. The van der Waals surface area contributed by atoms with Crippen LogP contribution >= 0.6 is 0 Å². The first-order valence-electron chi connectivity index (χ1n) is 7.53. The molecule has 0 saturated heterocycles. The van der Waals surface area contributed by atoms with Crippen LogP contribution in [0.2, 0.25) is 0 Å². The first-order chi connectivity index (χ1) is 11.2. The Balaban J connectivity index is 1.68. The summed E-state index contributed by atoms with van der Waals surface area (Å²) < 4.78 is 0. The van der Waals surface area contributed by atoms with Crippen LogP contribution in [0.1, 0.15) is 36.0 Å². The van der Waals surface area contributed by atoms with Gasteiger partial charge in [-0.15, -0.1) is 0 Å². The Morgan fingerprint density at radius 3 is 2.65 bits per heavy atom. The summed E-state index contributed by atoms with van der Waals surface area (Å²) in [5.74, 6) is 1.05. The van der Waals surface area contributed by atoms with E-state index in [9.17, 15) is 4.79 Å². The molecule has 0 bridgehead atoms. The summed E-state index contributed by atoms with van der Waals surface area (Å²) in [4.78, 5) is 20.9. The summed E-state index contributed by atoms with van der Waals surface area (Å²) in [6, 6.07) is 10.1. The van der Waals surface area contributed by atoms with E-state index in [0.717, 1.165) is 18.5 Å². The number of hydrogen-bond donors (Lipinski definition) is 2. The zero-order valence-corrected chi connectivity index (χ0v) is 12.8. The molecule has 2 N–H and O–H groups in total. The van der Waals surface area contributed by atoms with E-state index in [1.54, 1.807) is 30.5 Å². The second-order valence-corrected chi connectivity index (χ2v) is 5.66. The molecule has 1 aromatic carbocycles. The van der Waals surface area contributed by atoms with Crippen molar-refractivity contribution in [2.24, 2.45) is 5.92 Å². The van der Waals surface area contributed by atoms with Gasteiger partial charge in [0.05, 0.1) is 17.7 Å². The molecule has 3 rings (SSSR count). The van der Waals surface area contributed by atoms with Crippen LogP contribution in [0.3, 0.4) is 0 Å². The van der Waals surface area contributed by atoms with E-state index < -0.39 is 0 Å². The van der Waals surface area contributed by atoms with Crippen molar-refractivity contribution in [3.8, 4) is 6.07 Å². The van der Waals surface area contributed by atoms with Crippen molar-refractivity contribution in [2.75, 3.05) is 5.32 Å². The number of nitrogens with one attached hydrogen (secondary N) is 2. The fourth-order valence-electron chi connectivity index (χ4n) is 2.38. The second kappa shape index (κ2) is 6.44. The third-order valence-electron chi connectivity index (χ3n) is 3.74. The number of nitriles is 1. The van der Waals surface area contributed by atoms with Gasteiger partial charge in [-0.05, 0) is 56.0 Å². The van der Waals surface area contributed by atoms with Crippen molar-refractivity contribution in [1.29, 1.82) is 5.26 Å². The Kier molecular flexibility index (Phi) is 4.20. The van der Waals surface area contributed by atoms with Gasteiger partial charge in [0.1, 0.15) is 0 Å². The highest BCUT2D eigenvalue weighted by Crippen LogP contribution is 2.39. The largest absolute Gasteiger partial charge is 0.328 e. The lowest BCUT2D eigenvalue weighted by Gasteiger charge is -2.17. The summed E-state index contributed by atoms with van der Waals surface area (Å²) in [6.45, 7) is 1.91. The van der Waals surface area contributed by atoms with Crippen LogP contribution in [0.4, 0.5) is 10.5 Å². The number of benzene rings is 1. The van der Waals surface area contributed by atoms with E-state index in [-0.39, 0.29) is 12.1 Å². The third-order valence-corrected chi connectivity index (χ3v) is 3.74. The molecule has 0 aliphatic heterocycles. The molecule has 6 nitrogen and oxygen atoms in total. The van der Waals surface area contributed by atoms with Gasteiger partial charge >= 0.3 is 6.03 Å². The highest BCUT2D eigenvalue weighted by molar-refractivity contribution is 5.89. The van der Waals surface area contributed by atoms with E-state index in [0.29, 0.717) is 23.0 Å². The molecule has 1 fully saturated rings. The van der Waals surface area contributed by atoms with E-state index >= 15 is 0 Å². The first kappa shape index (κ1) is 15.0. The van der Waals surface area contributed by atoms with Crippen molar-refractivity contribution in [3.63, 3.8) is 0 Å². The average Bonchev–Trinajstić information content (AvgIpc) is 3.38. The molecular formula is C17H17N5O. The molecule has 1 aliphatic rings. The van der Waals surface area contributed by atoms with Crippen molar-refractivity contribution in [3.05, 3.63) is 53.6 Å². The van der Waals surface area contributed by atoms with Gasteiger partial charge in [0, 0.05) is 17.6 Å². The Morgan fingerprint density at radius 2 is 2.04 bits per heavy atom. The highest BCUT2D eigenvalue weighted by atomic mass is 16.2. The van der Waals surface area contributed by atoms with Crippen LogP contribution in [0.15, 0.2) is 36.5 Å². The Labute approximate surface area is 134 Å². The van der Waals surface area contributed by atoms with E-state index in [2.05, 4.69) is 20.6 Å². The average molecular weight is 307 g/mol. The topological polar surface area (TPSA) is 90.7 Å². The molecule has 0 radical (unpaired) electrons. The summed E-state index contributed by atoms with van der Waals surface area (Å²) >= 11 is 0. The van der Waals surface area contributed by atoms with E-state index in [1.807, 2.05) is 19.1 Å². The maximum atomic E-state index is 12.2. The fraction of sp³-hybridized carbons (Fsp3) is 0.294. The van der Waals surface area contributed by atoms with Crippen molar-refractivity contribution < 1.29 is 4.79 Å². The van der Waals surface area contributed by atoms with Gasteiger partial charge in [-0.2, -0.15) is 5.26 Å². The number of carbonyl (C=O) groups is 1. The van der Waals surface area contributed by atoms with Crippen molar-refractivity contribution >= 4 is 11.7 Å². The number of anilines is 1. The smallest absolute Gasteiger partial charge is 0.319 e. The van der Waals surface area contributed by atoms with Crippen LogP contribution in [-0.4, -0.2) is 16.0 Å². The minimum absolute atomic E-state index is 0.173. The quantitative estimate of drug-likeness (QED) is 0.908. The maximum absolute atomic E-state index is 12.2. The van der Waals surface area contributed by atoms with Gasteiger partial charge in [-0.1, -0.05) is 0 Å². The minimum Gasteiger partial charge on any atom is -0.328 e. The van der Waals surface area contributed by atoms with Gasteiger partial charge in [-0.25, -0.2) is 14.8 Å². The van der Waals surface area contributed by atoms with Gasteiger partial charge in [0.15, 0.2) is 5.82 Å². The first-order valence-corrected chi connectivity index (χ1v) is 7.53. The number of rotatable bonds is 4. The Morgan fingerprint density at radius 1 is 1.30 bits per heavy atom. The Hall–Kier alpha value is -2.94. The number of carbonyl (C=O) groups excluding carboxylic acids is 1. The molecule has 1 atom stereocenters. The summed E-state index contributed by atoms with van der Waals surface area (Å²) in [6.07, 6.45) is 3.85. The normalized spacial score (nSPS) is 14.6. The number of amides is 2. The van der Waals surface area contributed by atoms with Gasteiger partial charge in [0.2, 0.25) is 0 Å². The molecule has 0 unspecified atom stereocenters. The maximum Gasteiger partial charge on any atom is 0.319 e. The van der Waals surface area contributed by atoms with Crippen molar-refractivity contribution in [1.82, 2.24) is 15.3 Å². The molecule has 0 spiro atoms. The van der Waals surface area contributed by atoms with Crippen LogP contribution in [0.25, 0.3) is 0 Å². The molecular weight excluding hydrogens is 290 g/mol. The lowest BCUT2D eigenvalue weighted by molar-refractivity contribution is 0.246. The molecule has 23 heavy (non-hydrogen) atoms. The number of urea groups is 1. The summed E-state index contributed by atoms with van der Waals surface area (Å²) in [5, 5.41) is 14.5. The second-order valence-electron chi connectivity index (χ2n) is 5.66. The zero-order valence-electron chi connectivity index (χ0n) is 12.8. The number of aryl methyl sites for hydroxylation is 1. The van der Waals surface area contributed by atoms with E-state index in [1.165, 1.54) is 0 Å². The molecule has 1 saturated carbocycles. The zero-order chi connectivity index (χ0) is 16.2. The molecule has 1 heterocycles. The predicted molar refractivity (Wildman–Crippen MR) is 85.5 cm³/mol. The standard InChI is InChI=1S/C17H17N5O/c1-11-8-9-19-16(20-11)15(13-4-5-13)22-17(23)21-14-6-2-12(10-18)3-7-14/h2-3,6-9,13,15H,4-5H2,1H3,(H2,21,22,23)/t15-/m0/s1. The van der Waals surface area contributed by atoms with Gasteiger partial charge in [-0.3, -0.25) is 0 Å². The Bertz CT molecular complexity index is 746. The lowest BCUT2D eigenvalue weighted by Crippen LogP contribution is -2.34. The fourth-order valence-corrected chi connectivity index (χ4v) is 2.38. The number of nitrogens with zero attached hydrogens (tertiary/aromatic N) is 3. The van der Waals surface area contributed by atoms with Crippen LogP contribution in [0.5, 0.6) is 0 Å². The van der Waals surface area contributed by atoms with Gasteiger partial charge < -0.3 is 10.6 Å². The lowest BCUT2D eigenvalue weighted by atomic mass is 10.1. The van der Waals surface area contributed by atoms with Crippen LogP contribution in [0, 0.1) is 24.2 Å². The number of hydrogen-bond acceptors (Lipinski definition) is 4. The summed E-state index contributed by atoms with van der Waals surface area (Å²) in [7, 11) is 0. The molecule has 2 amide bonds. The monoisotopic (exact) mass is 307 g/mol. The molecule has 6 heteroatoms. The highest BCUT2D eigenvalue weighted by Gasteiger charge is 2.35. The molecule has 2 aromatic rings. The predicted octanol–water partition coefficient (Wildman–Crippen LogP) is 2.93. The molecule has 1 aliphatic carbocycles. The van der Waals surface area contributed by atoms with Crippen LogP contribution in [-0.2, 0) is 0 Å². The third kappa shape index (κ3) is 3.83. The molecule has 116 valence electrons. The van der Waals surface area contributed by atoms with Crippen molar-refractivity contribution in [2.45, 2.75) is 25.8 Å². The van der Waals surface area contributed by atoms with Gasteiger partial charge in [0.25, 0.3) is 0 Å². The number of aromatic nitrogens is 2. The summed E-state index contributed by atoms with van der Waals surface area (Å²) in [5.41, 5.74) is 2.08. The minimum atomic E-state index is -0.295. The SMILES string of the molecule is Cc1ccnc([C@@H](NC(=O)Nc2ccc(C#N)cc2)C2CC2)n1.